The minimum Gasteiger partial charge on any atom is -0.467 e. The predicted molar refractivity (Wildman–Crippen MR) is 67.4 cm³/mol. The first-order chi connectivity index (χ1) is 6.77. The van der Waals surface area contributed by atoms with Crippen LogP contribution in [0.5, 0.6) is 0 Å². The fraction of sp³-hybridized carbons (Fsp3) is 0.750. The summed E-state index contributed by atoms with van der Waals surface area (Å²) in [5, 5.41) is 0.989. The van der Waals surface area contributed by atoms with E-state index in [0.717, 1.165) is 11.0 Å². The van der Waals surface area contributed by atoms with Crippen LogP contribution in [0.1, 0.15) is 27.7 Å². The number of ether oxygens (including phenoxy) is 2. The van der Waals surface area contributed by atoms with Crippen LogP contribution >= 0.6 is 0 Å². The van der Waals surface area contributed by atoms with Crippen LogP contribution in [-0.2, 0) is 9.47 Å². The van der Waals surface area contributed by atoms with Crippen LogP contribution in [0.3, 0.4) is 0 Å². The van der Waals surface area contributed by atoms with E-state index in [1.54, 1.807) is 0 Å². The van der Waals surface area contributed by atoms with Crippen molar-refractivity contribution in [1.82, 2.24) is 0 Å². The highest BCUT2D eigenvalue weighted by atomic mass is 28.3. The third-order valence-electron chi connectivity index (χ3n) is 1.73. The molecule has 0 bridgehead atoms. The third-order valence-corrected chi connectivity index (χ3v) is 3.34. The second kappa shape index (κ2) is 6.16. The number of hydrogen-bond donors (Lipinski definition) is 0. The lowest BCUT2D eigenvalue weighted by Crippen LogP contribution is -2.28. The maximum Gasteiger partial charge on any atom is 0.196 e. The molecule has 0 aliphatic carbocycles. The van der Waals surface area contributed by atoms with Crippen LogP contribution < -0.4 is 0 Å². The molecule has 15 heavy (non-hydrogen) atoms. The van der Waals surface area contributed by atoms with Crippen molar-refractivity contribution >= 4 is 8.07 Å². The van der Waals surface area contributed by atoms with E-state index in [1.165, 1.54) is 0 Å². The fourth-order valence-corrected chi connectivity index (χ4v) is 2.20. The van der Waals surface area contributed by atoms with Crippen LogP contribution in [-0.4, -0.2) is 21.0 Å². The molecule has 0 aromatic heterocycles. The summed E-state index contributed by atoms with van der Waals surface area (Å²) >= 11 is 0. The van der Waals surface area contributed by atoms with Crippen LogP contribution in [0.4, 0.5) is 0 Å². The monoisotopic (exact) mass is 228 g/mol. The Balaban J connectivity index is 4.78. The summed E-state index contributed by atoms with van der Waals surface area (Å²) in [4.78, 5) is 0. The molecule has 0 rings (SSSR count). The Kier molecular flexibility index (Phi) is 5.95. The first kappa shape index (κ1) is 14.5. The minimum atomic E-state index is -1.46. The van der Waals surface area contributed by atoms with Gasteiger partial charge < -0.3 is 9.47 Å². The summed E-state index contributed by atoms with van der Waals surface area (Å²) < 4.78 is 11.2. The molecule has 3 heteroatoms. The average Bonchev–Trinajstić information content (AvgIpc) is 2.00. The van der Waals surface area contributed by atoms with Gasteiger partial charge in [-0.2, -0.15) is 0 Å². The van der Waals surface area contributed by atoms with Crippen LogP contribution in [0.2, 0.25) is 19.6 Å². The molecule has 0 aliphatic heterocycles. The van der Waals surface area contributed by atoms with Crippen LogP contribution in [0, 0.1) is 0 Å². The Hall–Kier alpha value is -0.503. The molecule has 88 valence electrons. The Morgan fingerprint density at radius 1 is 1.27 bits per heavy atom. The number of rotatable bonds is 5. The van der Waals surface area contributed by atoms with Gasteiger partial charge in [-0.25, -0.2) is 0 Å². The topological polar surface area (TPSA) is 18.5 Å². The molecule has 0 N–H and O–H groups in total. The molecule has 0 fully saturated rings. The zero-order valence-corrected chi connectivity index (χ0v) is 12.1. The summed E-state index contributed by atoms with van der Waals surface area (Å²) in [6.07, 6.45) is -0.177. The standard InChI is InChI=1S/C12H24O2Si/c1-8-13-11(4)14-12(9-10(2)3)15(5,6)7/h11H,8H2,1-7H3. The van der Waals surface area contributed by atoms with Gasteiger partial charge in [0.15, 0.2) is 6.29 Å². The SMILES string of the molecule is CCOC(C)OC(=C=C(C)C)[Si](C)(C)C. The maximum absolute atomic E-state index is 5.79. The summed E-state index contributed by atoms with van der Waals surface area (Å²) in [6.45, 7) is 15.4. The lowest BCUT2D eigenvalue weighted by atomic mass is 10.4. The molecular formula is C12H24O2Si. The van der Waals surface area contributed by atoms with Crippen molar-refractivity contribution in [3.8, 4) is 0 Å². The summed E-state index contributed by atoms with van der Waals surface area (Å²) in [7, 11) is -1.46. The minimum absolute atomic E-state index is 0.177. The first-order valence-corrected chi connectivity index (χ1v) is 9.00. The van der Waals surface area contributed by atoms with Crippen molar-refractivity contribution < 1.29 is 9.47 Å². The van der Waals surface area contributed by atoms with Gasteiger partial charge in [0.2, 0.25) is 0 Å². The highest BCUT2D eigenvalue weighted by Gasteiger charge is 2.23. The summed E-state index contributed by atoms with van der Waals surface area (Å²) in [5.41, 5.74) is 4.45. The predicted octanol–water partition coefficient (Wildman–Crippen LogP) is 3.71. The van der Waals surface area contributed by atoms with Gasteiger partial charge in [-0.15, -0.1) is 0 Å². The molecule has 0 radical (unpaired) electrons. The number of allylic oxidation sites excluding steroid dienone is 1. The van der Waals surface area contributed by atoms with Crippen molar-refractivity contribution in [2.75, 3.05) is 6.61 Å². The lowest BCUT2D eigenvalue weighted by Gasteiger charge is -2.23. The Morgan fingerprint density at radius 2 is 1.80 bits per heavy atom. The van der Waals surface area contributed by atoms with Crippen molar-refractivity contribution in [1.29, 1.82) is 0 Å². The molecule has 0 aromatic rings. The Labute approximate surface area is 95.0 Å². The van der Waals surface area contributed by atoms with Gasteiger partial charge in [-0.05, 0) is 33.3 Å². The van der Waals surface area contributed by atoms with E-state index in [9.17, 15) is 0 Å². The van der Waals surface area contributed by atoms with Crippen molar-refractivity contribution in [3.63, 3.8) is 0 Å². The van der Waals surface area contributed by atoms with E-state index in [4.69, 9.17) is 9.47 Å². The molecule has 0 spiro atoms. The van der Waals surface area contributed by atoms with Crippen molar-refractivity contribution in [3.05, 3.63) is 16.7 Å². The quantitative estimate of drug-likeness (QED) is 0.309. The van der Waals surface area contributed by atoms with E-state index >= 15 is 0 Å². The largest absolute Gasteiger partial charge is 0.467 e. The molecule has 0 saturated carbocycles. The lowest BCUT2D eigenvalue weighted by molar-refractivity contribution is -0.0932. The summed E-state index contributed by atoms with van der Waals surface area (Å²) in [5.74, 6) is 0. The van der Waals surface area contributed by atoms with Gasteiger partial charge >= 0.3 is 0 Å². The van der Waals surface area contributed by atoms with Crippen molar-refractivity contribution in [2.45, 2.75) is 53.6 Å². The van der Waals surface area contributed by atoms with Gasteiger partial charge in [-0.3, -0.25) is 0 Å². The van der Waals surface area contributed by atoms with E-state index in [-0.39, 0.29) is 6.29 Å². The van der Waals surface area contributed by atoms with E-state index in [1.807, 2.05) is 27.7 Å². The van der Waals surface area contributed by atoms with E-state index in [0.29, 0.717) is 6.61 Å². The van der Waals surface area contributed by atoms with Gasteiger partial charge in [0.05, 0.1) is 0 Å². The van der Waals surface area contributed by atoms with E-state index in [2.05, 4.69) is 25.4 Å². The molecule has 1 unspecified atom stereocenters. The molecule has 1 atom stereocenters. The van der Waals surface area contributed by atoms with Crippen molar-refractivity contribution in [2.24, 2.45) is 0 Å². The van der Waals surface area contributed by atoms with Gasteiger partial charge in [0.1, 0.15) is 13.5 Å². The molecule has 0 amide bonds. The molecule has 0 aromatic carbocycles. The highest BCUT2D eigenvalue weighted by Crippen LogP contribution is 2.17. The molecule has 0 aliphatic rings. The molecular weight excluding hydrogens is 204 g/mol. The van der Waals surface area contributed by atoms with Gasteiger partial charge in [-0.1, -0.05) is 25.4 Å². The molecule has 0 saturated heterocycles. The second-order valence-corrected chi connectivity index (χ2v) is 9.80. The van der Waals surface area contributed by atoms with Crippen LogP contribution in [0.15, 0.2) is 16.7 Å². The van der Waals surface area contributed by atoms with E-state index < -0.39 is 8.07 Å². The normalized spacial score (nSPS) is 13.0. The zero-order chi connectivity index (χ0) is 12.1. The zero-order valence-electron chi connectivity index (χ0n) is 11.1. The average molecular weight is 228 g/mol. The smallest absolute Gasteiger partial charge is 0.196 e. The number of hydrogen-bond acceptors (Lipinski definition) is 2. The highest BCUT2D eigenvalue weighted by molar-refractivity contribution is 6.82. The Bertz CT molecular complexity index is 253. The van der Waals surface area contributed by atoms with Crippen LogP contribution in [0.25, 0.3) is 0 Å². The molecule has 2 nitrogen and oxygen atoms in total. The first-order valence-electron chi connectivity index (χ1n) is 5.50. The van der Waals surface area contributed by atoms with Gasteiger partial charge in [0, 0.05) is 6.61 Å². The Morgan fingerprint density at radius 3 is 2.13 bits per heavy atom. The third kappa shape index (κ3) is 6.56. The second-order valence-electron chi connectivity index (χ2n) is 4.84. The van der Waals surface area contributed by atoms with Gasteiger partial charge in [0.25, 0.3) is 0 Å². The maximum atomic E-state index is 5.79. The molecule has 0 heterocycles. The summed E-state index contributed by atoms with van der Waals surface area (Å²) in [6, 6.07) is 0. The fourth-order valence-electron chi connectivity index (χ4n) is 1.06.